The van der Waals surface area contributed by atoms with Crippen molar-refractivity contribution in [1.82, 2.24) is 19.8 Å². The van der Waals surface area contributed by atoms with Crippen LogP contribution in [0.15, 0.2) is 12.4 Å². The van der Waals surface area contributed by atoms with E-state index in [1.165, 1.54) is 0 Å². The molecular formula is C16H28N4O. The maximum Gasteiger partial charge on any atom is 0.222 e. The minimum atomic E-state index is 0.285. The number of nitrogens with one attached hydrogen (secondary N) is 1. The summed E-state index contributed by atoms with van der Waals surface area (Å²) in [6.07, 6.45) is 7.63. The van der Waals surface area contributed by atoms with Crippen molar-refractivity contribution in [3.05, 3.63) is 18.2 Å². The molecule has 1 aliphatic heterocycles. The van der Waals surface area contributed by atoms with Gasteiger partial charge in [-0.2, -0.15) is 0 Å². The lowest BCUT2D eigenvalue weighted by atomic mass is 10.0. The molecule has 5 nitrogen and oxygen atoms in total. The molecular weight excluding hydrogens is 264 g/mol. The van der Waals surface area contributed by atoms with Gasteiger partial charge in [-0.3, -0.25) is 4.79 Å². The Kier molecular flexibility index (Phi) is 5.79. The number of carbonyl (C=O) groups excluding carboxylic acids is 1. The Morgan fingerprint density at radius 3 is 2.76 bits per heavy atom. The van der Waals surface area contributed by atoms with Crippen molar-refractivity contribution >= 4 is 5.91 Å². The first-order valence-electron chi connectivity index (χ1n) is 8.17. The van der Waals surface area contributed by atoms with Gasteiger partial charge in [-0.25, -0.2) is 4.98 Å². The standard InChI is InChI=1S/C16H28N4O/c1-4-15-17-8-11-20(15)12-13(3)18-14-6-9-19(10-7-14)16(21)5-2/h8,11,13-14,18H,4-7,9-10,12H2,1-3H3. The number of amides is 1. The third kappa shape index (κ3) is 4.30. The molecule has 1 fully saturated rings. The molecule has 1 N–H and O–H groups in total. The number of piperidine rings is 1. The van der Waals surface area contributed by atoms with Crippen LogP contribution >= 0.6 is 0 Å². The second-order valence-electron chi connectivity index (χ2n) is 5.93. The molecule has 0 aromatic carbocycles. The van der Waals surface area contributed by atoms with E-state index in [0.29, 0.717) is 18.5 Å². The lowest BCUT2D eigenvalue weighted by Gasteiger charge is -2.34. The first kappa shape index (κ1) is 16.0. The van der Waals surface area contributed by atoms with Gasteiger partial charge in [0.25, 0.3) is 0 Å². The van der Waals surface area contributed by atoms with Crippen molar-refractivity contribution < 1.29 is 4.79 Å². The summed E-state index contributed by atoms with van der Waals surface area (Å²) in [6, 6.07) is 0.942. The Labute approximate surface area is 127 Å². The summed E-state index contributed by atoms with van der Waals surface area (Å²) in [5.41, 5.74) is 0. The normalized spacial score (nSPS) is 18.0. The van der Waals surface area contributed by atoms with E-state index in [-0.39, 0.29) is 5.91 Å². The fourth-order valence-corrected chi connectivity index (χ4v) is 3.09. The van der Waals surface area contributed by atoms with Crippen molar-refractivity contribution in [1.29, 1.82) is 0 Å². The van der Waals surface area contributed by atoms with Crippen LogP contribution in [0.5, 0.6) is 0 Å². The van der Waals surface area contributed by atoms with Gasteiger partial charge in [-0.1, -0.05) is 13.8 Å². The Morgan fingerprint density at radius 2 is 2.14 bits per heavy atom. The average molecular weight is 292 g/mol. The molecule has 1 aliphatic rings. The number of nitrogens with zero attached hydrogens (tertiary/aromatic N) is 3. The van der Waals surface area contributed by atoms with E-state index < -0.39 is 0 Å². The molecule has 2 heterocycles. The molecule has 118 valence electrons. The van der Waals surface area contributed by atoms with E-state index in [1.54, 1.807) is 0 Å². The molecule has 0 aliphatic carbocycles. The second kappa shape index (κ2) is 7.59. The molecule has 21 heavy (non-hydrogen) atoms. The number of hydrogen-bond donors (Lipinski definition) is 1. The van der Waals surface area contributed by atoms with Crippen LogP contribution in [0.2, 0.25) is 0 Å². The highest BCUT2D eigenvalue weighted by Gasteiger charge is 2.22. The summed E-state index contributed by atoms with van der Waals surface area (Å²) in [4.78, 5) is 18.0. The van der Waals surface area contributed by atoms with E-state index in [0.717, 1.165) is 44.7 Å². The highest BCUT2D eigenvalue weighted by atomic mass is 16.2. The van der Waals surface area contributed by atoms with Crippen LogP contribution in [-0.2, 0) is 17.8 Å². The van der Waals surface area contributed by atoms with E-state index in [9.17, 15) is 4.79 Å². The van der Waals surface area contributed by atoms with Crippen molar-refractivity contribution in [2.24, 2.45) is 0 Å². The highest BCUT2D eigenvalue weighted by Crippen LogP contribution is 2.12. The van der Waals surface area contributed by atoms with E-state index in [2.05, 4.69) is 34.9 Å². The lowest BCUT2D eigenvalue weighted by Crippen LogP contribution is -2.47. The van der Waals surface area contributed by atoms with Gasteiger partial charge in [-0.05, 0) is 19.8 Å². The van der Waals surface area contributed by atoms with Gasteiger partial charge in [0.1, 0.15) is 5.82 Å². The fourth-order valence-electron chi connectivity index (χ4n) is 3.09. The molecule has 5 heteroatoms. The summed E-state index contributed by atoms with van der Waals surface area (Å²) < 4.78 is 2.23. The quantitative estimate of drug-likeness (QED) is 0.870. The smallest absolute Gasteiger partial charge is 0.222 e. The summed E-state index contributed by atoms with van der Waals surface area (Å²) in [7, 11) is 0. The first-order chi connectivity index (χ1) is 10.1. The summed E-state index contributed by atoms with van der Waals surface area (Å²) in [6.45, 7) is 9.04. The van der Waals surface area contributed by atoms with Crippen LogP contribution in [0.25, 0.3) is 0 Å². The molecule has 1 aromatic heterocycles. The van der Waals surface area contributed by atoms with Crippen molar-refractivity contribution in [3.8, 4) is 0 Å². The number of hydrogen-bond acceptors (Lipinski definition) is 3. The third-order valence-electron chi connectivity index (χ3n) is 4.26. The number of aromatic nitrogens is 2. The zero-order chi connectivity index (χ0) is 15.2. The Morgan fingerprint density at radius 1 is 1.43 bits per heavy atom. The lowest BCUT2D eigenvalue weighted by molar-refractivity contribution is -0.131. The molecule has 1 atom stereocenters. The van der Waals surface area contributed by atoms with E-state index in [4.69, 9.17) is 0 Å². The highest BCUT2D eigenvalue weighted by molar-refractivity contribution is 5.75. The molecule has 0 spiro atoms. The maximum absolute atomic E-state index is 11.7. The fraction of sp³-hybridized carbons (Fsp3) is 0.750. The van der Waals surface area contributed by atoms with Gasteiger partial charge >= 0.3 is 0 Å². The van der Waals surface area contributed by atoms with Crippen LogP contribution < -0.4 is 5.32 Å². The third-order valence-corrected chi connectivity index (χ3v) is 4.26. The number of carbonyl (C=O) groups is 1. The zero-order valence-electron chi connectivity index (χ0n) is 13.5. The molecule has 1 saturated heterocycles. The number of rotatable bonds is 6. The van der Waals surface area contributed by atoms with Gasteiger partial charge in [0.2, 0.25) is 5.91 Å². The van der Waals surface area contributed by atoms with E-state index in [1.807, 2.05) is 18.0 Å². The Balaban J connectivity index is 1.77. The van der Waals surface area contributed by atoms with Gasteiger partial charge in [0.05, 0.1) is 0 Å². The molecule has 0 bridgehead atoms. The zero-order valence-corrected chi connectivity index (χ0v) is 13.5. The molecule has 1 amide bonds. The Hall–Kier alpha value is -1.36. The van der Waals surface area contributed by atoms with Crippen LogP contribution in [0.3, 0.4) is 0 Å². The van der Waals surface area contributed by atoms with E-state index >= 15 is 0 Å². The van der Waals surface area contributed by atoms with Crippen LogP contribution in [-0.4, -0.2) is 45.5 Å². The predicted molar refractivity (Wildman–Crippen MR) is 84.1 cm³/mol. The van der Waals surface area contributed by atoms with Crippen molar-refractivity contribution in [2.75, 3.05) is 13.1 Å². The summed E-state index contributed by atoms with van der Waals surface area (Å²) in [5.74, 6) is 1.43. The minimum absolute atomic E-state index is 0.285. The SMILES string of the molecule is CCC(=O)N1CCC(NC(C)Cn2ccnc2CC)CC1. The molecule has 0 saturated carbocycles. The first-order valence-corrected chi connectivity index (χ1v) is 8.17. The largest absolute Gasteiger partial charge is 0.343 e. The van der Waals surface area contributed by atoms with Crippen molar-refractivity contribution in [3.63, 3.8) is 0 Å². The maximum atomic E-state index is 11.7. The number of aryl methyl sites for hydroxylation is 1. The molecule has 0 radical (unpaired) electrons. The predicted octanol–water partition coefficient (Wildman–Crippen LogP) is 1.82. The summed E-state index contributed by atoms with van der Waals surface area (Å²) >= 11 is 0. The average Bonchev–Trinajstić information content (AvgIpc) is 2.94. The molecule has 1 unspecified atom stereocenters. The van der Waals surface area contributed by atoms with Gasteiger partial charge in [-0.15, -0.1) is 0 Å². The van der Waals surface area contributed by atoms with Gasteiger partial charge < -0.3 is 14.8 Å². The molecule has 1 aromatic rings. The van der Waals surface area contributed by atoms with Crippen LogP contribution in [0.4, 0.5) is 0 Å². The Bertz CT molecular complexity index is 449. The van der Waals surface area contributed by atoms with Gasteiger partial charge in [0, 0.05) is 57.0 Å². The number of imidazole rings is 1. The monoisotopic (exact) mass is 292 g/mol. The van der Waals surface area contributed by atoms with Crippen molar-refractivity contribution in [2.45, 2.75) is 65.1 Å². The second-order valence-corrected chi connectivity index (χ2v) is 5.93. The molecule has 2 rings (SSSR count). The van der Waals surface area contributed by atoms with Crippen LogP contribution in [0, 0.1) is 0 Å². The summed E-state index contributed by atoms with van der Waals surface area (Å²) in [5, 5.41) is 3.70. The van der Waals surface area contributed by atoms with Crippen LogP contribution in [0.1, 0.15) is 45.9 Å². The number of likely N-dealkylation sites (tertiary alicyclic amines) is 1. The topological polar surface area (TPSA) is 50.2 Å². The van der Waals surface area contributed by atoms with Gasteiger partial charge in [0.15, 0.2) is 0 Å². The minimum Gasteiger partial charge on any atom is -0.343 e.